The average molecular weight is 769 g/mol. The zero-order chi connectivity index (χ0) is 40.4. The van der Waals surface area contributed by atoms with Gasteiger partial charge in [0.05, 0.1) is 51.1 Å². The number of hydrogen-bond acceptors (Lipinski definition) is 13. The van der Waals surface area contributed by atoms with E-state index in [1.807, 2.05) is 6.92 Å². The smallest absolute Gasteiger partial charge is 0.343 e. The summed E-state index contributed by atoms with van der Waals surface area (Å²) in [7, 11) is 0. The molecule has 0 unspecified atom stereocenters. The molecule has 5 aromatic rings. The highest BCUT2D eigenvalue weighted by Gasteiger charge is 2.37. The molecule has 7 rings (SSSR count). The Morgan fingerprint density at radius 2 is 0.965 bits per heavy atom. The second-order valence-electron chi connectivity index (χ2n) is 12.6. The van der Waals surface area contributed by atoms with E-state index in [0.717, 1.165) is 0 Å². The summed E-state index contributed by atoms with van der Waals surface area (Å²) in [4.78, 5) is 105. The first kappa shape index (κ1) is 37.5. The maximum absolute atomic E-state index is 12.9. The predicted octanol–water partition coefficient (Wildman–Crippen LogP) is 5.69. The molecule has 0 aromatic heterocycles. The minimum absolute atomic E-state index is 0.0194. The van der Waals surface area contributed by atoms with Gasteiger partial charge in [-0.15, -0.1) is 5.06 Å². The molecule has 5 aromatic carbocycles. The fraction of sp³-hybridized carbons (Fsp3) is 0.0952. The van der Waals surface area contributed by atoms with Gasteiger partial charge in [-0.2, -0.15) is 0 Å². The molecule has 0 saturated carbocycles. The lowest BCUT2D eigenvalue weighted by atomic mass is 10.1. The number of amides is 4. The monoisotopic (exact) mass is 768 g/mol. The van der Waals surface area contributed by atoms with Gasteiger partial charge in [0, 0.05) is 0 Å². The molecule has 0 radical (unpaired) electrons. The van der Waals surface area contributed by atoms with Crippen molar-refractivity contribution < 1.29 is 62.1 Å². The Morgan fingerprint density at radius 3 is 1.54 bits per heavy atom. The summed E-state index contributed by atoms with van der Waals surface area (Å²) in [6.45, 7) is 3.65. The van der Waals surface area contributed by atoms with Gasteiger partial charge >= 0.3 is 23.9 Å². The lowest BCUT2D eigenvalue weighted by Crippen LogP contribution is -2.30. The third kappa shape index (κ3) is 7.76. The van der Waals surface area contributed by atoms with Gasteiger partial charge in [-0.25, -0.2) is 19.2 Å². The van der Waals surface area contributed by atoms with Crippen LogP contribution in [-0.2, 0) is 4.84 Å². The molecule has 2 aliphatic heterocycles. The third-order valence-corrected chi connectivity index (χ3v) is 8.64. The van der Waals surface area contributed by atoms with Crippen molar-refractivity contribution in [2.24, 2.45) is 0 Å². The number of hydrogen-bond donors (Lipinski definition) is 1. The van der Waals surface area contributed by atoms with Gasteiger partial charge in [0.15, 0.2) is 0 Å². The van der Waals surface area contributed by atoms with Gasteiger partial charge in [0.25, 0.3) is 23.6 Å². The highest BCUT2D eigenvalue weighted by atomic mass is 16.7. The maximum Gasteiger partial charge on any atom is 0.343 e. The van der Waals surface area contributed by atoms with Crippen molar-refractivity contribution in [2.75, 3.05) is 6.61 Å². The van der Waals surface area contributed by atoms with E-state index in [4.69, 9.17) is 23.8 Å². The molecule has 284 valence electrons. The SMILES string of the molecule is CCCON1C(=O)c2ccc(C(=O)Oc3ccc(C(=O)Oc4ccc(OC(=O)c5ccc(OC(=O)c6ccc7c(c6)C(=O)NC7=O)cc5)c(C)c4)cc3)cc2C1=O. The van der Waals surface area contributed by atoms with Crippen LogP contribution >= 0.6 is 0 Å². The highest BCUT2D eigenvalue weighted by molar-refractivity contribution is 6.22. The summed E-state index contributed by atoms with van der Waals surface area (Å²) >= 11 is 0. The molecule has 0 aliphatic carbocycles. The van der Waals surface area contributed by atoms with Crippen LogP contribution in [0, 0.1) is 6.92 Å². The number of imide groups is 2. The number of benzene rings is 5. The number of esters is 4. The second-order valence-corrected chi connectivity index (χ2v) is 12.6. The van der Waals surface area contributed by atoms with Gasteiger partial charge in [0.2, 0.25) is 0 Å². The molecule has 0 saturated heterocycles. The second kappa shape index (κ2) is 15.5. The van der Waals surface area contributed by atoms with Crippen LogP contribution in [0.2, 0.25) is 0 Å². The Hall–Kier alpha value is -7.78. The van der Waals surface area contributed by atoms with E-state index in [9.17, 15) is 38.4 Å². The number of ether oxygens (including phenoxy) is 4. The predicted molar refractivity (Wildman–Crippen MR) is 195 cm³/mol. The number of rotatable bonds is 11. The van der Waals surface area contributed by atoms with E-state index in [1.165, 1.54) is 103 Å². The number of carbonyl (C=O) groups excluding carboxylic acids is 8. The van der Waals surface area contributed by atoms with E-state index < -0.39 is 47.5 Å². The molecule has 2 heterocycles. The first-order valence-corrected chi connectivity index (χ1v) is 17.2. The summed E-state index contributed by atoms with van der Waals surface area (Å²) in [6, 6.07) is 23.5. The first-order valence-electron chi connectivity index (χ1n) is 17.2. The van der Waals surface area contributed by atoms with E-state index in [2.05, 4.69) is 5.32 Å². The van der Waals surface area contributed by atoms with Crippen LogP contribution in [0.15, 0.2) is 103 Å². The molecule has 0 fully saturated rings. The summed E-state index contributed by atoms with van der Waals surface area (Å²) < 4.78 is 21.8. The lowest BCUT2D eigenvalue weighted by Gasteiger charge is -2.11. The van der Waals surface area contributed by atoms with E-state index in [-0.39, 0.29) is 74.1 Å². The van der Waals surface area contributed by atoms with Crippen LogP contribution in [-0.4, -0.2) is 59.2 Å². The Balaban J connectivity index is 0.913. The average Bonchev–Trinajstić information content (AvgIpc) is 3.63. The molecule has 0 bridgehead atoms. The van der Waals surface area contributed by atoms with Gasteiger partial charge < -0.3 is 18.9 Å². The molecule has 4 amide bonds. The lowest BCUT2D eigenvalue weighted by molar-refractivity contribution is -0.0909. The fourth-order valence-corrected chi connectivity index (χ4v) is 5.72. The summed E-state index contributed by atoms with van der Waals surface area (Å²) in [5, 5.41) is 2.83. The minimum atomic E-state index is -0.791. The molecule has 15 nitrogen and oxygen atoms in total. The zero-order valence-corrected chi connectivity index (χ0v) is 30.0. The molecule has 0 spiro atoms. The molecular formula is C42H28N2O13. The molecular weight excluding hydrogens is 740 g/mol. The van der Waals surface area contributed by atoms with Gasteiger partial charge in [0.1, 0.15) is 23.0 Å². The number of nitrogens with zero attached hydrogens (tertiary/aromatic N) is 1. The van der Waals surface area contributed by atoms with Crippen molar-refractivity contribution in [3.63, 3.8) is 0 Å². The van der Waals surface area contributed by atoms with Crippen LogP contribution in [0.1, 0.15) is 102 Å². The molecule has 0 atom stereocenters. The summed E-state index contributed by atoms with van der Waals surface area (Å²) in [6.07, 6.45) is 0.591. The van der Waals surface area contributed by atoms with Crippen molar-refractivity contribution in [2.45, 2.75) is 20.3 Å². The number of hydroxylamine groups is 2. The summed E-state index contributed by atoms with van der Waals surface area (Å²) in [5.41, 5.74) is 1.22. The van der Waals surface area contributed by atoms with E-state index in [1.54, 1.807) is 6.92 Å². The number of nitrogens with one attached hydrogen (secondary N) is 1. The highest BCUT2D eigenvalue weighted by Crippen LogP contribution is 2.28. The Labute approximate surface area is 322 Å². The standard InChI is InChI=1S/C42H28N2O13/c1-3-18-53-44-37(47)31-16-9-26(21-33(31)38(44)48)42(52)55-27-10-4-23(5-11-27)39(49)56-29-14-17-34(22(2)19-29)57-40(50)24-6-12-28(13-7-24)54-41(51)25-8-15-30-32(20-25)36(46)43-35(30)45/h4-17,19-21H,3,18H2,1-2H3,(H,43,45,46). The van der Waals surface area contributed by atoms with Crippen LogP contribution < -0.4 is 24.3 Å². The molecule has 2 aliphatic rings. The minimum Gasteiger partial charge on any atom is -0.423 e. The third-order valence-electron chi connectivity index (χ3n) is 8.64. The van der Waals surface area contributed by atoms with Crippen molar-refractivity contribution in [1.82, 2.24) is 10.4 Å². The molecule has 15 heteroatoms. The van der Waals surface area contributed by atoms with E-state index in [0.29, 0.717) is 17.0 Å². The quantitative estimate of drug-likeness (QED) is 0.0978. The largest absolute Gasteiger partial charge is 0.423 e. The topological polar surface area (TPSA) is 198 Å². The van der Waals surface area contributed by atoms with Crippen LogP contribution in [0.4, 0.5) is 0 Å². The van der Waals surface area contributed by atoms with Crippen molar-refractivity contribution in [3.8, 4) is 23.0 Å². The number of fused-ring (bicyclic) bond motifs is 2. The van der Waals surface area contributed by atoms with Crippen LogP contribution in [0.5, 0.6) is 23.0 Å². The normalized spacial score (nSPS) is 12.8. The number of aryl methyl sites for hydroxylation is 1. The Kier molecular flexibility index (Phi) is 10.2. The van der Waals surface area contributed by atoms with Gasteiger partial charge in [-0.3, -0.25) is 29.3 Å². The maximum atomic E-state index is 12.9. The molecule has 1 N–H and O–H groups in total. The van der Waals surface area contributed by atoms with Crippen molar-refractivity contribution >= 4 is 47.5 Å². The number of carbonyl (C=O) groups is 8. The van der Waals surface area contributed by atoms with Crippen molar-refractivity contribution in [3.05, 3.63) is 153 Å². The van der Waals surface area contributed by atoms with Crippen molar-refractivity contribution in [1.29, 1.82) is 0 Å². The fourth-order valence-electron chi connectivity index (χ4n) is 5.72. The van der Waals surface area contributed by atoms with Gasteiger partial charge in [-0.1, -0.05) is 6.92 Å². The Morgan fingerprint density at radius 1 is 0.509 bits per heavy atom. The van der Waals surface area contributed by atoms with Gasteiger partial charge in [-0.05, 0) is 122 Å². The van der Waals surface area contributed by atoms with Crippen LogP contribution in [0.25, 0.3) is 0 Å². The molecule has 57 heavy (non-hydrogen) atoms. The first-order chi connectivity index (χ1) is 27.4. The van der Waals surface area contributed by atoms with Crippen LogP contribution in [0.3, 0.4) is 0 Å². The van der Waals surface area contributed by atoms with E-state index >= 15 is 0 Å². The summed E-state index contributed by atoms with van der Waals surface area (Å²) in [5.74, 6) is -4.84. The Bertz CT molecular complexity index is 2540. The zero-order valence-electron chi connectivity index (χ0n) is 30.0.